The highest BCUT2D eigenvalue weighted by molar-refractivity contribution is 5.70. The minimum atomic E-state index is -0.683. The summed E-state index contributed by atoms with van der Waals surface area (Å²) < 4.78 is 6.35. The Kier molecular flexibility index (Phi) is 13.9. The molecule has 3 saturated carbocycles. The Hall–Kier alpha value is -1.23. The van der Waals surface area contributed by atoms with Crippen LogP contribution in [0.3, 0.4) is 0 Å². The van der Waals surface area contributed by atoms with E-state index in [1.54, 1.807) is 0 Å². The van der Waals surface area contributed by atoms with Crippen molar-refractivity contribution in [3.05, 3.63) is 12.2 Å². The predicted octanol–water partition coefficient (Wildman–Crippen LogP) is 11.8. The highest BCUT2D eigenvalue weighted by atomic mass is 16.6. The van der Waals surface area contributed by atoms with Crippen molar-refractivity contribution in [2.75, 3.05) is 0 Å². The van der Waals surface area contributed by atoms with Gasteiger partial charge in [0.05, 0.1) is 0 Å². The first-order chi connectivity index (χ1) is 20.5. The summed E-state index contributed by atoms with van der Waals surface area (Å²) in [5.41, 5.74) is -0.734. The minimum absolute atomic E-state index is 0.0426. The summed E-state index contributed by atoms with van der Waals surface area (Å²) in [6.45, 7) is 4.68. The van der Waals surface area contributed by atoms with Gasteiger partial charge in [0.1, 0.15) is 0 Å². The van der Waals surface area contributed by atoms with Crippen molar-refractivity contribution in [3.8, 4) is 12.3 Å². The third-order valence-corrected chi connectivity index (χ3v) is 12.7. The summed E-state index contributed by atoms with van der Waals surface area (Å²) in [6.07, 6.45) is 44.4. The number of fused-ring (bicyclic) bond motifs is 5. The summed E-state index contributed by atoms with van der Waals surface area (Å²) in [4.78, 5) is 13.1. The molecule has 0 heterocycles. The molecule has 4 aliphatic rings. The number of hydrogen-bond acceptors (Lipinski definition) is 2. The van der Waals surface area contributed by atoms with Crippen molar-refractivity contribution in [3.63, 3.8) is 0 Å². The summed E-state index contributed by atoms with van der Waals surface area (Å²) in [5, 5.41) is 0. The maximum absolute atomic E-state index is 13.1. The van der Waals surface area contributed by atoms with E-state index in [1.807, 2.05) is 0 Å². The van der Waals surface area contributed by atoms with Gasteiger partial charge in [-0.25, -0.2) is 0 Å². The maximum atomic E-state index is 13.1. The number of rotatable bonds is 19. The van der Waals surface area contributed by atoms with Gasteiger partial charge >= 0.3 is 5.97 Å². The van der Waals surface area contributed by atoms with Crippen LogP contribution in [0.4, 0.5) is 0 Å². The first-order valence-corrected chi connectivity index (χ1v) is 18.9. The molecule has 0 aliphatic heterocycles. The molecule has 0 aromatic carbocycles. The molecule has 0 radical (unpaired) electrons. The summed E-state index contributed by atoms with van der Waals surface area (Å²) in [7, 11) is 0. The van der Waals surface area contributed by atoms with E-state index in [9.17, 15) is 4.79 Å². The van der Waals surface area contributed by atoms with Crippen molar-refractivity contribution < 1.29 is 9.53 Å². The molecule has 0 aromatic heterocycles. The van der Waals surface area contributed by atoms with E-state index in [4.69, 9.17) is 11.2 Å². The summed E-state index contributed by atoms with van der Waals surface area (Å²) >= 11 is 0. The fourth-order valence-electron chi connectivity index (χ4n) is 10.1. The Balaban J connectivity index is 1.06. The number of esters is 1. The molecule has 42 heavy (non-hydrogen) atoms. The lowest BCUT2D eigenvalue weighted by molar-refractivity contribution is -0.171. The Morgan fingerprint density at radius 1 is 0.714 bits per heavy atom. The normalized spacial score (nSPS) is 33.4. The van der Waals surface area contributed by atoms with Gasteiger partial charge in [-0.3, -0.25) is 4.79 Å². The zero-order chi connectivity index (χ0) is 29.7. The van der Waals surface area contributed by atoms with Gasteiger partial charge in [-0.2, -0.15) is 0 Å². The monoisotopic (exact) mass is 579 g/mol. The number of terminal acetylenes is 1. The van der Waals surface area contributed by atoms with Crippen LogP contribution >= 0.6 is 0 Å². The second-order valence-electron chi connectivity index (χ2n) is 15.2. The molecule has 2 heteroatoms. The molecule has 0 N–H and O–H groups in total. The quantitative estimate of drug-likeness (QED) is 0.0659. The van der Waals surface area contributed by atoms with Gasteiger partial charge in [-0.15, -0.1) is 6.42 Å². The SMILES string of the molecule is C#C[C@]1(OC(=O)CCCCCCCCCCCCCCCCCCC)CC[C@H]2[C@@H]3CCC4CC=CC[C@@H]4[C@H]3CC[C@@]21C. The number of allylic oxidation sites excluding steroid dienone is 2. The molecule has 238 valence electrons. The number of carbonyl (C=O) groups is 1. The van der Waals surface area contributed by atoms with Crippen LogP contribution in [0.1, 0.15) is 181 Å². The fraction of sp³-hybridized carbons (Fsp3) is 0.875. The van der Waals surface area contributed by atoms with Crippen LogP contribution < -0.4 is 0 Å². The Bertz CT molecular complexity index is 867. The lowest BCUT2D eigenvalue weighted by atomic mass is 9.49. The van der Waals surface area contributed by atoms with Gasteiger partial charge in [-0.1, -0.05) is 135 Å². The molecule has 0 amide bonds. The first kappa shape index (κ1) is 33.7. The lowest BCUT2D eigenvalue weighted by Gasteiger charge is -2.56. The van der Waals surface area contributed by atoms with Crippen molar-refractivity contribution in [2.24, 2.45) is 35.0 Å². The van der Waals surface area contributed by atoms with Crippen LogP contribution in [0.25, 0.3) is 0 Å². The second-order valence-corrected chi connectivity index (χ2v) is 15.2. The zero-order valence-electron chi connectivity index (χ0n) is 27.8. The highest BCUT2D eigenvalue weighted by Crippen LogP contribution is 2.65. The lowest BCUT2D eigenvalue weighted by Crippen LogP contribution is -2.54. The summed E-state index contributed by atoms with van der Waals surface area (Å²) in [5.74, 6) is 7.09. The first-order valence-electron chi connectivity index (χ1n) is 18.9. The summed E-state index contributed by atoms with van der Waals surface area (Å²) in [6, 6.07) is 0. The molecule has 2 nitrogen and oxygen atoms in total. The van der Waals surface area contributed by atoms with Crippen molar-refractivity contribution >= 4 is 5.97 Å². The fourth-order valence-corrected chi connectivity index (χ4v) is 10.1. The largest absolute Gasteiger partial charge is 0.445 e. The van der Waals surface area contributed by atoms with Crippen LogP contribution in [0, 0.1) is 47.3 Å². The third kappa shape index (κ3) is 8.48. The van der Waals surface area contributed by atoms with Crippen LogP contribution in [0.2, 0.25) is 0 Å². The van der Waals surface area contributed by atoms with E-state index < -0.39 is 5.60 Å². The zero-order valence-corrected chi connectivity index (χ0v) is 27.8. The number of carbonyl (C=O) groups excluding carboxylic acids is 1. The van der Waals surface area contributed by atoms with Gasteiger partial charge in [-0.05, 0) is 87.4 Å². The molecule has 7 atom stereocenters. The molecule has 3 fully saturated rings. The van der Waals surface area contributed by atoms with Gasteiger partial charge in [0, 0.05) is 11.8 Å². The average Bonchev–Trinajstić information content (AvgIpc) is 3.30. The second kappa shape index (κ2) is 17.3. The molecular weight excluding hydrogens is 512 g/mol. The number of hydrogen-bond donors (Lipinski definition) is 0. The molecule has 4 aliphatic carbocycles. The molecule has 0 saturated heterocycles. The van der Waals surface area contributed by atoms with Gasteiger partial charge < -0.3 is 4.74 Å². The van der Waals surface area contributed by atoms with Crippen LogP contribution in [0.5, 0.6) is 0 Å². The Morgan fingerprint density at radius 3 is 1.88 bits per heavy atom. The molecular formula is C40H66O2. The average molecular weight is 579 g/mol. The van der Waals surface area contributed by atoms with Crippen molar-refractivity contribution in [1.29, 1.82) is 0 Å². The maximum Gasteiger partial charge on any atom is 0.307 e. The standard InChI is InChI=1S/C40H66O2/c1-4-6-7-8-9-10-11-12-13-14-15-16-17-18-19-20-21-26-38(41)42-40(5-2)32-30-37-36-28-27-33-24-22-23-25-34(33)35(36)29-31-39(37,40)3/h2,22-23,33-37H,4,6-21,24-32H2,1,3H3/t33?,34-,35+,36+,37-,39-,40-/m0/s1. The van der Waals surface area contributed by atoms with E-state index in [0.717, 1.165) is 55.8 Å². The van der Waals surface area contributed by atoms with Gasteiger partial charge in [0.25, 0.3) is 0 Å². The van der Waals surface area contributed by atoms with Gasteiger partial charge in [0.15, 0.2) is 5.60 Å². The van der Waals surface area contributed by atoms with Gasteiger partial charge in [0.2, 0.25) is 0 Å². The van der Waals surface area contributed by atoms with E-state index >= 15 is 0 Å². The highest BCUT2D eigenvalue weighted by Gasteiger charge is 2.64. The molecule has 0 aromatic rings. The number of unbranched alkanes of at least 4 members (excludes halogenated alkanes) is 16. The number of ether oxygens (including phenoxy) is 1. The van der Waals surface area contributed by atoms with Crippen LogP contribution in [0.15, 0.2) is 12.2 Å². The van der Waals surface area contributed by atoms with Crippen LogP contribution in [-0.2, 0) is 9.53 Å². The van der Waals surface area contributed by atoms with Crippen molar-refractivity contribution in [1.82, 2.24) is 0 Å². The third-order valence-electron chi connectivity index (χ3n) is 12.7. The van der Waals surface area contributed by atoms with E-state index in [-0.39, 0.29) is 11.4 Å². The molecule has 1 unspecified atom stereocenters. The minimum Gasteiger partial charge on any atom is -0.445 e. The van der Waals surface area contributed by atoms with E-state index in [1.165, 1.54) is 128 Å². The van der Waals surface area contributed by atoms with Crippen LogP contribution in [-0.4, -0.2) is 11.6 Å². The van der Waals surface area contributed by atoms with E-state index in [2.05, 4.69) is 31.9 Å². The smallest absolute Gasteiger partial charge is 0.307 e. The molecule has 0 bridgehead atoms. The molecule has 0 spiro atoms. The van der Waals surface area contributed by atoms with E-state index in [0.29, 0.717) is 12.3 Å². The Labute approximate surface area is 261 Å². The Morgan fingerprint density at radius 2 is 1.29 bits per heavy atom. The molecule has 4 rings (SSSR count). The topological polar surface area (TPSA) is 26.3 Å². The van der Waals surface area contributed by atoms with Crippen molar-refractivity contribution in [2.45, 2.75) is 186 Å². The predicted molar refractivity (Wildman–Crippen MR) is 178 cm³/mol.